The van der Waals surface area contributed by atoms with E-state index in [0.29, 0.717) is 13.1 Å². The van der Waals surface area contributed by atoms with Crippen molar-refractivity contribution in [2.45, 2.75) is 31.1 Å². The maximum Gasteiger partial charge on any atom is 0.325 e. The molecular weight excluding hydrogens is 372 g/mol. The Hall–Kier alpha value is -2.88. The van der Waals surface area contributed by atoms with Gasteiger partial charge < -0.3 is 9.88 Å². The summed E-state index contributed by atoms with van der Waals surface area (Å²) in [7, 11) is -4.31. The second kappa shape index (κ2) is 7.39. The van der Waals surface area contributed by atoms with E-state index in [9.17, 15) is 22.8 Å². The van der Waals surface area contributed by atoms with Crippen molar-refractivity contribution in [3.8, 4) is 0 Å². The number of aryl methyl sites for hydroxylation is 1. The van der Waals surface area contributed by atoms with E-state index in [-0.39, 0.29) is 22.9 Å². The highest BCUT2D eigenvalue weighted by atomic mass is 32.2. The summed E-state index contributed by atoms with van der Waals surface area (Å²) >= 11 is 0. The fraction of sp³-hybridized carbons (Fsp3) is 0.353. The topological polar surface area (TPSA) is 132 Å². The van der Waals surface area contributed by atoms with Crippen molar-refractivity contribution < 1.29 is 13.2 Å². The normalized spacial score (nSPS) is 14.8. The molecule has 1 fully saturated rings. The van der Waals surface area contributed by atoms with Crippen LogP contribution >= 0.6 is 0 Å². The van der Waals surface area contributed by atoms with E-state index in [1.54, 1.807) is 23.1 Å². The third kappa shape index (κ3) is 3.95. The van der Waals surface area contributed by atoms with Crippen molar-refractivity contribution in [2.24, 2.45) is 0 Å². The second-order valence-corrected chi connectivity index (χ2v) is 7.99. The largest absolute Gasteiger partial charge is 0.339 e. The molecule has 1 aromatic heterocycles. The number of benzene rings is 1. The highest BCUT2D eigenvalue weighted by Gasteiger charge is 2.26. The summed E-state index contributed by atoms with van der Waals surface area (Å²) in [6, 6.07) is 6.24. The minimum atomic E-state index is -4.31. The Balaban J connectivity index is 1.98. The summed E-state index contributed by atoms with van der Waals surface area (Å²) in [5.74, 6) is -0.264. The van der Waals surface area contributed by atoms with Crippen LogP contribution in [0.1, 0.15) is 35.3 Å². The first-order valence-electron chi connectivity index (χ1n) is 8.54. The monoisotopic (exact) mass is 392 g/mol. The zero-order valence-electron chi connectivity index (χ0n) is 14.7. The van der Waals surface area contributed by atoms with Gasteiger partial charge >= 0.3 is 5.69 Å². The SMILES string of the molecule is Cc1[nH]c(=O)[nH]c(=O)c1S(=O)(=O)Nc1ccccc1C(=O)N1CCCCC1. The fourth-order valence-electron chi connectivity index (χ4n) is 3.13. The molecular formula is C17H20N4O5S. The van der Waals surface area contributed by atoms with Gasteiger partial charge in [-0.05, 0) is 38.3 Å². The third-order valence-corrected chi connectivity index (χ3v) is 5.91. The van der Waals surface area contributed by atoms with Crippen LogP contribution in [0, 0.1) is 6.92 Å². The Morgan fingerprint density at radius 3 is 2.41 bits per heavy atom. The molecule has 3 N–H and O–H groups in total. The number of nitrogens with zero attached hydrogens (tertiary/aromatic N) is 1. The highest BCUT2D eigenvalue weighted by molar-refractivity contribution is 7.92. The van der Waals surface area contributed by atoms with Gasteiger partial charge in [0.2, 0.25) is 0 Å². The number of anilines is 1. The number of rotatable bonds is 4. The molecule has 27 heavy (non-hydrogen) atoms. The minimum absolute atomic E-state index is 0.0815. The van der Waals surface area contributed by atoms with Gasteiger partial charge in [-0.25, -0.2) is 13.2 Å². The molecule has 0 aliphatic carbocycles. The summed E-state index contributed by atoms with van der Waals surface area (Å²) in [6.07, 6.45) is 2.88. The molecule has 2 aromatic rings. The number of piperidine rings is 1. The average molecular weight is 392 g/mol. The van der Waals surface area contributed by atoms with Gasteiger partial charge in [-0.3, -0.25) is 19.3 Å². The molecule has 3 rings (SSSR count). The van der Waals surface area contributed by atoms with Crippen LogP contribution in [0.5, 0.6) is 0 Å². The molecule has 0 radical (unpaired) electrons. The number of para-hydroxylation sites is 1. The van der Waals surface area contributed by atoms with Gasteiger partial charge in [-0.15, -0.1) is 0 Å². The summed E-state index contributed by atoms with van der Waals surface area (Å²) in [6.45, 7) is 2.56. The smallest absolute Gasteiger partial charge is 0.325 e. The molecule has 2 heterocycles. The van der Waals surface area contributed by atoms with Gasteiger partial charge in [0, 0.05) is 18.8 Å². The quantitative estimate of drug-likeness (QED) is 0.708. The molecule has 1 amide bonds. The number of carbonyl (C=O) groups is 1. The Kier molecular flexibility index (Phi) is 5.17. The zero-order chi connectivity index (χ0) is 19.6. The molecule has 1 aliphatic rings. The Morgan fingerprint density at radius 2 is 1.74 bits per heavy atom. The Labute approximate surface area is 155 Å². The van der Waals surface area contributed by atoms with Gasteiger partial charge in [0.05, 0.1) is 11.3 Å². The van der Waals surface area contributed by atoms with E-state index in [1.807, 2.05) is 4.98 Å². The number of aromatic nitrogens is 2. The second-order valence-electron chi connectivity index (χ2n) is 6.37. The van der Waals surface area contributed by atoms with Crippen molar-refractivity contribution in [2.75, 3.05) is 17.8 Å². The molecule has 0 spiro atoms. The van der Waals surface area contributed by atoms with Crippen LogP contribution in [0.15, 0.2) is 38.8 Å². The van der Waals surface area contributed by atoms with Crippen molar-refractivity contribution >= 4 is 21.6 Å². The molecule has 0 atom stereocenters. The summed E-state index contributed by atoms with van der Waals surface area (Å²) < 4.78 is 27.8. The minimum Gasteiger partial charge on any atom is -0.339 e. The number of hydrogen-bond donors (Lipinski definition) is 3. The van der Waals surface area contributed by atoms with Crippen LogP contribution in [0.2, 0.25) is 0 Å². The molecule has 1 aromatic carbocycles. The summed E-state index contributed by atoms with van der Waals surface area (Å²) in [5, 5.41) is 0. The van der Waals surface area contributed by atoms with E-state index in [4.69, 9.17) is 0 Å². The molecule has 0 saturated carbocycles. The molecule has 1 aliphatic heterocycles. The Bertz CT molecular complexity index is 1080. The van der Waals surface area contributed by atoms with E-state index in [0.717, 1.165) is 19.3 Å². The lowest BCUT2D eigenvalue weighted by Gasteiger charge is -2.27. The van der Waals surface area contributed by atoms with E-state index >= 15 is 0 Å². The molecule has 10 heteroatoms. The van der Waals surface area contributed by atoms with Gasteiger partial charge in [-0.1, -0.05) is 12.1 Å². The van der Waals surface area contributed by atoms with Crippen molar-refractivity contribution in [1.29, 1.82) is 0 Å². The Morgan fingerprint density at radius 1 is 1.07 bits per heavy atom. The molecule has 9 nitrogen and oxygen atoms in total. The van der Waals surface area contributed by atoms with Crippen LogP contribution in [0.3, 0.4) is 0 Å². The lowest BCUT2D eigenvalue weighted by molar-refractivity contribution is 0.0725. The standard InChI is InChI=1S/C17H20N4O5S/c1-11-14(15(22)19-17(24)18-11)27(25,26)20-13-8-4-3-7-12(13)16(23)21-9-5-2-6-10-21/h3-4,7-8,20H,2,5-6,9-10H2,1H3,(H2,18,19,22,24). The molecule has 1 saturated heterocycles. The van der Waals surface area contributed by atoms with Gasteiger partial charge in [0.1, 0.15) is 0 Å². The van der Waals surface area contributed by atoms with Crippen LogP contribution in [-0.4, -0.2) is 42.3 Å². The van der Waals surface area contributed by atoms with Gasteiger partial charge in [0.25, 0.3) is 21.5 Å². The summed E-state index contributed by atoms with van der Waals surface area (Å²) in [4.78, 5) is 41.3. The lowest BCUT2D eigenvalue weighted by Crippen LogP contribution is -2.36. The molecule has 0 bridgehead atoms. The van der Waals surface area contributed by atoms with E-state index in [2.05, 4.69) is 9.71 Å². The lowest BCUT2D eigenvalue weighted by atomic mass is 10.1. The first kappa shape index (κ1) is 18.9. The number of nitrogens with one attached hydrogen (secondary N) is 3. The van der Waals surface area contributed by atoms with Crippen LogP contribution in [0.25, 0.3) is 0 Å². The third-order valence-electron chi connectivity index (χ3n) is 4.39. The maximum atomic E-state index is 12.8. The average Bonchev–Trinajstić information content (AvgIpc) is 2.61. The van der Waals surface area contributed by atoms with E-state index < -0.39 is 26.2 Å². The number of aromatic amines is 2. The first-order valence-corrected chi connectivity index (χ1v) is 10.0. The van der Waals surface area contributed by atoms with E-state index in [1.165, 1.54) is 13.0 Å². The molecule has 0 unspecified atom stereocenters. The number of H-pyrrole nitrogens is 2. The number of carbonyl (C=O) groups excluding carboxylic acids is 1. The first-order chi connectivity index (χ1) is 12.8. The predicted molar refractivity (Wildman–Crippen MR) is 99.4 cm³/mol. The fourth-order valence-corrected chi connectivity index (χ4v) is 4.45. The van der Waals surface area contributed by atoms with Crippen molar-refractivity contribution in [1.82, 2.24) is 14.9 Å². The summed E-state index contributed by atoms with van der Waals surface area (Å²) in [5.41, 5.74) is -1.61. The predicted octanol–water partition coefficient (Wildman–Crippen LogP) is 0.799. The van der Waals surface area contributed by atoms with Gasteiger partial charge in [0.15, 0.2) is 4.90 Å². The highest BCUT2D eigenvalue weighted by Crippen LogP contribution is 2.22. The molecule has 144 valence electrons. The number of amides is 1. The zero-order valence-corrected chi connectivity index (χ0v) is 15.6. The van der Waals surface area contributed by atoms with Crippen LogP contribution in [0.4, 0.5) is 5.69 Å². The number of likely N-dealkylation sites (tertiary alicyclic amines) is 1. The van der Waals surface area contributed by atoms with Gasteiger partial charge in [-0.2, -0.15) is 0 Å². The van der Waals surface area contributed by atoms with Crippen LogP contribution < -0.4 is 16.0 Å². The van der Waals surface area contributed by atoms with Crippen LogP contribution in [-0.2, 0) is 10.0 Å². The number of sulfonamides is 1. The maximum absolute atomic E-state index is 12.8. The van der Waals surface area contributed by atoms with Crippen molar-refractivity contribution in [3.05, 3.63) is 56.4 Å². The number of hydrogen-bond acceptors (Lipinski definition) is 5. The van der Waals surface area contributed by atoms with Crippen molar-refractivity contribution in [3.63, 3.8) is 0 Å².